The Morgan fingerprint density at radius 3 is 2.73 bits per heavy atom. The van der Waals surface area contributed by atoms with Crippen molar-refractivity contribution in [3.05, 3.63) is 56.7 Å². The van der Waals surface area contributed by atoms with Crippen LogP contribution in [0.3, 0.4) is 0 Å². The van der Waals surface area contributed by atoms with Crippen molar-refractivity contribution in [2.75, 3.05) is 5.43 Å². The van der Waals surface area contributed by atoms with Gasteiger partial charge in [-0.1, -0.05) is 34.8 Å². The van der Waals surface area contributed by atoms with E-state index in [0.717, 1.165) is 25.0 Å². The van der Waals surface area contributed by atoms with Crippen LogP contribution in [0.4, 0.5) is 5.82 Å². The molecular formula is C17H17Cl2N3. The van der Waals surface area contributed by atoms with E-state index in [1.165, 1.54) is 22.3 Å². The first-order chi connectivity index (χ1) is 10.5. The average Bonchev–Trinajstić information content (AvgIpc) is 2.46. The lowest BCUT2D eigenvalue weighted by molar-refractivity contribution is 0.829. The fourth-order valence-electron chi connectivity index (χ4n) is 2.89. The normalized spacial score (nSPS) is 15.7. The van der Waals surface area contributed by atoms with Gasteiger partial charge >= 0.3 is 0 Å². The summed E-state index contributed by atoms with van der Waals surface area (Å²) >= 11 is 12.0. The Bertz CT molecular complexity index is 754. The number of aryl methyl sites for hydroxylation is 2. The van der Waals surface area contributed by atoms with Gasteiger partial charge in [-0.15, -0.1) is 0 Å². The highest BCUT2D eigenvalue weighted by Gasteiger charge is 2.18. The highest BCUT2D eigenvalue weighted by Crippen LogP contribution is 2.27. The van der Waals surface area contributed by atoms with Crippen LogP contribution in [0.2, 0.25) is 10.0 Å². The number of hydrogen-bond acceptors (Lipinski definition) is 3. The van der Waals surface area contributed by atoms with Crippen molar-refractivity contribution in [2.24, 2.45) is 5.10 Å². The van der Waals surface area contributed by atoms with E-state index in [4.69, 9.17) is 23.2 Å². The molecule has 0 unspecified atom stereocenters. The number of nitrogens with one attached hydrogen (secondary N) is 1. The number of aromatic nitrogens is 1. The van der Waals surface area contributed by atoms with Crippen LogP contribution in [0.5, 0.6) is 0 Å². The van der Waals surface area contributed by atoms with Gasteiger partial charge in [-0.05, 0) is 56.4 Å². The molecule has 0 spiro atoms. The monoisotopic (exact) mass is 333 g/mol. The summed E-state index contributed by atoms with van der Waals surface area (Å²) in [6.45, 7) is 4.28. The van der Waals surface area contributed by atoms with Crippen LogP contribution < -0.4 is 5.43 Å². The summed E-state index contributed by atoms with van der Waals surface area (Å²) in [5.41, 5.74) is 9.26. The molecular weight excluding hydrogens is 317 g/mol. The van der Waals surface area contributed by atoms with Crippen LogP contribution >= 0.6 is 23.2 Å². The minimum Gasteiger partial charge on any atom is -0.260 e. The summed E-state index contributed by atoms with van der Waals surface area (Å²) in [5, 5.41) is 5.52. The Kier molecular flexibility index (Phi) is 4.37. The van der Waals surface area contributed by atoms with Crippen LogP contribution in [-0.2, 0) is 6.42 Å². The number of rotatable bonds is 2. The lowest BCUT2D eigenvalue weighted by Gasteiger charge is -2.21. The third-order valence-electron chi connectivity index (χ3n) is 3.87. The second kappa shape index (κ2) is 6.27. The van der Waals surface area contributed by atoms with Crippen molar-refractivity contribution in [3.63, 3.8) is 0 Å². The molecule has 0 bridgehead atoms. The van der Waals surface area contributed by atoms with Crippen LogP contribution in [-0.4, -0.2) is 10.7 Å². The zero-order valence-corrected chi connectivity index (χ0v) is 14.1. The van der Waals surface area contributed by atoms with Crippen molar-refractivity contribution in [3.8, 4) is 0 Å². The fourth-order valence-corrected chi connectivity index (χ4v) is 3.31. The lowest BCUT2D eigenvalue weighted by Crippen LogP contribution is -2.15. The van der Waals surface area contributed by atoms with Crippen molar-refractivity contribution in [2.45, 2.75) is 33.1 Å². The molecule has 0 saturated heterocycles. The SMILES string of the molecule is Cc1cc(C)c2c(c1)/C(=N\Nc1ncc(Cl)cc1Cl)CCC2. The van der Waals surface area contributed by atoms with E-state index in [-0.39, 0.29) is 0 Å². The molecule has 1 aromatic carbocycles. The largest absolute Gasteiger partial charge is 0.260 e. The van der Waals surface area contributed by atoms with Gasteiger partial charge in [-0.25, -0.2) is 4.98 Å². The topological polar surface area (TPSA) is 37.3 Å². The average molecular weight is 334 g/mol. The number of nitrogens with zero attached hydrogens (tertiary/aromatic N) is 2. The summed E-state index contributed by atoms with van der Waals surface area (Å²) < 4.78 is 0. The van der Waals surface area contributed by atoms with E-state index in [9.17, 15) is 0 Å². The Labute approximate surface area is 140 Å². The summed E-state index contributed by atoms with van der Waals surface area (Å²) in [5.74, 6) is 0.523. The zero-order chi connectivity index (χ0) is 15.7. The first kappa shape index (κ1) is 15.3. The number of halogens is 2. The number of hydrazone groups is 1. The first-order valence-electron chi connectivity index (χ1n) is 7.28. The van der Waals surface area contributed by atoms with Crippen LogP contribution in [0.1, 0.15) is 35.1 Å². The molecule has 1 aromatic heterocycles. The maximum Gasteiger partial charge on any atom is 0.165 e. The van der Waals surface area contributed by atoms with E-state index in [1.807, 2.05) is 0 Å². The molecule has 3 rings (SSSR count). The summed E-state index contributed by atoms with van der Waals surface area (Å²) in [6, 6.07) is 6.09. The molecule has 0 radical (unpaired) electrons. The van der Waals surface area contributed by atoms with Crippen molar-refractivity contribution >= 4 is 34.7 Å². The van der Waals surface area contributed by atoms with E-state index in [0.29, 0.717) is 15.9 Å². The summed E-state index contributed by atoms with van der Waals surface area (Å²) in [4.78, 5) is 4.17. The number of benzene rings is 1. The quantitative estimate of drug-likeness (QED) is 0.771. The van der Waals surface area contributed by atoms with Gasteiger partial charge in [0.1, 0.15) is 0 Å². The lowest BCUT2D eigenvalue weighted by atomic mass is 9.86. The molecule has 1 aliphatic rings. The van der Waals surface area contributed by atoms with Crippen LogP contribution in [0.25, 0.3) is 0 Å². The maximum absolute atomic E-state index is 6.12. The standard InChI is InChI=1S/C17H17Cl2N3/c1-10-6-11(2)13-4-3-5-16(14(13)7-10)21-22-17-15(19)8-12(18)9-20-17/h6-9H,3-5H2,1-2H3,(H,20,22)/b21-16-. The predicted octanol–water partition coefficient (Wildman–Crippen LogP) is 5.16. The highest BCUT2D eigenvalue weighted by molar-refractivity contribution is 6.35. The number of anilines is 1. The van der Waals surface area contributed by atoms with Gasteiger partial charge in [-0.2, -0.15) is 5.10 Å². The van der Waals surface area contributed by atoms with Gasteiger partial charge < -0.3 is 0 Å². The zero-order valence-electron chi connectivity index (χ0n) is 12.6. The molecule has 1 aliphatic carbocycles. The number of hydrogen-bond donors (Lipinski definition) is 1. The fraction of sp³-hybridized carbons (Fsp3) is 0.294. The molecule has 5 heteroatoms. The molecule has 0 amide bonds. The smallest absolute Gasteiger partial charge is 0.165 e. The Hall–Kier alpha value is -1.58. The second-order valence-electron chi connectivity index (χ2n) is 5.62. The third kappa shape index (κ3) is 3.11. The van der Waals surface area contributed by atoms with Crippen LogP contribution in [0.15, 0.2) is 29.5 Å². The number of pyridine rings is 1. The van der Waals surface area contributed by atoms with Gasteiger partial charge in [0.2, 0.25) is 0 Å². The van der Waals surface area contributed by atoms with Gasteiger partial charge in [0.05, 0.1) is 15.8 Å². The third-order valence-corrected chi connectivity index (χ3v) is 4.37. The molecule has 0 aliphatic heterocycles. The molecule has 0 fully saturated rings. The molecule has 0 atom stereocenters. The molecule has 1 N–H and O–H groups in total. The van der Waals surface area contributed by atoms with Crippen molar-refractivity contribution in [1.82, 2.24) is 4.98 Å². The Morgan fingerprint density at radius 2 is 1.95 bits per heavy atom. The van der Waals surface area contributed by atoms with Gasteiger partial charge in [-0.3, -0.25) is 5.43 Å². The Balaban J connectivity index is 1.93. The minimum absolute atomic E-state index is 0.466. The molecule has 1 heterocycles. The van der Waals surface area contributed by atoms with Crippen LogP contribution in [0, 0.1) is 13.8 Å². The molecule has 2 aromatic rings. The van der Waals surface area contributed by atoms with Gasteiger partial charge in [0, 0.05) is 11.8 Å². The van der Waals surface area contributed by atoms with E-state index >= 15 is 0 Å². The number of fused-ring (bicyclic) bond motifs is 1. The molecule has 22 heavy (non-hydrogen) atoms. The molecule has 0 saturated carbocycles. The maximum atomic E-state index is 6.12. The van der Waals surface area contributed by atoms with E-state index in [2.05, 4.69) is 41.5 Å². The molecule has 3 nitrogen and oxygen atoms in total. The van der Waals surface area contributed by atoms with E-state index < -0.39 is 0 Å². The predicted molar refractivity (Wildman–Crippen MR) is 93.3 cm³/mol. The summed E-state index contributed by atoms with van der Waals surface area (Å²) in [6.07, 6.45) is 4.73. The Morgan fingerprint density at radius 1 is 1.14 bits per heavy atom. The minimum atomic E-state index is 0.466. The van der Waals surface area contributed by atoms with E-state index in [1.54, 1.807) is 12.3 Å². The van der Waals surface area contributed by atoms with Gasteiger partial charge in [0.25, 0.3) is 0 Å². The van der Waals surface area contributed by atoms with Crippen molar-refractivity contribution < 1.29 is 0 Å². The highest BCUT2D eigenvalue weighted by atomic mass is 35.5. The van der Waals surface area contributed by atoms with Gasteiger partial charge in [0.15, 0.2) is 5.82 Å². The van der Waals surface area contributed by atoms with Crippen molar-refractivity contribution in [1.29, 1.82) is 0 Å². The molecule has 114 valence electrons. The first-order valence-corrected chi connectivity index (χ1v) is 8.04. The second-order valence-corrected chi connectivity index (χ2v) is 6.46. The summed E-state index contributed by atoms with van der Waals surface area (Å²) in [7, 11) is 0.